The predicted octanol–water partition coefficient (Wildman–Crippen LogP) is 4.87. The third kappa shape index (κ3) is 3.11. The fourth-order valence-corrected chi connectivity index (χ4v) is 3.36. The second kappa shape index (κ2) is 7.08. The summed E-state index contributed by atoms with van der Waals surface area (Å²) in [6.07, 6.45) is 5.36. The number of imidazole rings is 1. The average Bonchev–Trinajstić information content (AvgIpc) is 3.29. The van der Waals surface area contributed by atoms with Gasteiger partial charge in [-0.3, -0.25) is 0 Å². The lowest BCUT2D eigenvalue weighted by molar-refractivity contribution is 0.553. The monoisotopic (exact) mass is 356 g/mol. The Bertz CT molecular complexity index is 1130. The first-order valence-electron chi connectivity index (χ1n) is 9.09. The quantitative estimate of drug-likeness (QED) is 0.511. The molecule has 0 N–H and O–H groups in total. The van der Waals surface area contributed by atoms with E-state index < -0.39 is 0 Å². The lowest BCUT2D eigenvalue weighted by Gasteiger charge is -2.09. The highest BCUT2D eigenvalue weighted by atomic mass is 16.3. The molecule has 4 aromatic rings. The van der Waals surface area contributed by atoms with Crippen molar-refractivity contribution in [1.82, 2.24) is 14.5 Å². The standard InChI is InChI=1S/C22H20N4O/c1-3-4-20-25-21-15(2)9-11-24-22(21)26(20)14-16-5-7-17(8-6-16)18-10-12-27-19(18)13-23/h5-12H,3-4,14H2,1-2H3. The van der Waals surface area contributed by atoms with Gasteiger partial charge < -0.3 is 8.98 Å². The van der Waals surface area contributed by atoms with Crippen LogP contribution in [0, 0.1) is 18.3 Å². The van der Waals surface area contributed by atoms with Gasteiger partial charge >= 0.3 is 0 Å². The molecular weight excluding hydrogens is 336 g/mol. The number of nitriles is 1. The summed E-state index contributed by atoms with van der Waals surface area (Å²) in [5.74, 6) is 1.41. The molecule has 134 valence electrons. The van der Waals surface area contributed by atoms with Crippen LogP contribution in [0.4, 0.5) is 0 Å². The Kier molecular flexibility index (Phi) is 4.47. The minimum Gasteiger partial charge on any atom is -0.453 e. The Labute approximate surface area is 157 Å². The van der Waals surface area contributed by atoms with Crippen LogP contribution < -0.4 is 0 Å². The van der Waals surface area contributed by atoms with Crippen molar-refractivity contribution in [3.63, 3.8) is 0 Å². The second-order valence-corrected chi connectivity index (χ2v) is 6.64. The van der Waals surface area contributed by atoms with Crippen molar-refractivity contribution in [2.24, 2.45) is 0 Å². The van der Waals surface area contributed by atoms with Crippen LogP contribution in [-0.2, 0) is 13.0 Å². The van der Waals surface area contributed by atoms with E-state index in [1.165, 1.54) is 5.56 Å². The highest BCUT2D eigenvalue weighted by molar-refractivity contribution is 5.75. The highest BCUT2D eigenvalue weighted by Crippen LogP contribution is 2.26. The van der Waals surface area contributed by atoms with Crippen LogP contribution in [0.3, 0.4) is 0 Å². The van der Waals surface area contributed by atoms with E-state index in [4.69, 9.17) is 14.7 Å². The Morgan fingerprint density at radius 1 is 1.15 bits per heavy atom. The normalized spacial score (nSPS) is 11.0. The lowest BCUT2D eigenvalue weighted by atomic mass is 10.0. The van der Waals surface area contributed by atoms with Gasteiger partial charge in [0.1, 0.15) is 17.4 Å². The highest BCUT2D eigenvalue weighted by Gasteiger charge is 2.14. The van der Waals surface area contributed by atoms with Crippen LogP contribution in [0.2, 0.25) is 0 Å². The zero-order valence-electron chi connectivity index (χ0n) is 15.4. The first-order chi connectivity index (χ1) is 13.2. The molecule has 0 aliphatic carbocycles. The Hall–Kier alpha value is -3.39. The number of hydrogen-bond acceptors (Lipinski definition) is 4. The van der Waals surface area contributed by atoms with Crippen LogP contribution in [-0.4, -0.2) is 14.5 Å². The molecule has 0 amide bonds. The van der Waals surface area contributed by atoms with E-state index in [2.05, 4.69) is 41.6 Å². The number of fused-ring (bicyclic) bond motifs is 1. The second-order valence-electron chi connectivity index (χ2n) is 6.64. The Morgan fingerprint density at radius 2 is 1.96 bits per heavy atom. The summed E-state index contributed by atoms with van der Waals surface area (Å²) in [6, 6.07) is 14.1. The molecule has 5 heteroatoms. The predicted molar refractivity (Wildman–Crippen MR) is 104 cm³/mol. The first kappa shape index (κ1) is 17.0. The van der Waals surface area contributed by atoms with Gasteiger partial charge in [-0.25, -0.2) is 9.97 Å². The number of pyridine rings is 1. The number of hydrogen-bond donors (Lipinski definition) is 0. The first-order valence-corrected chi connectivity index (χ1v) is 9.09. The smallest absolute Gasteiger partial charge is 0.211 e. The summed E-state index contributed by atoms with van der Waals surface area (Å²) in [7, 11) is 0. The largest absolute Gasteiger partial charge is 0.453 e. The zero-order chi connectivity index (χ0) is 18.8. The topological polar surface area (TPSA) is 67.6 Å². The molecule has 0 radical (unpaired) electrons. The molecular formula is C22H20N4O. The van der Waals surface area contributed by atoms with Gasteiger partial charge in [-0.2, -0.15) is 5.26 Å². The maximum absolute atomic E-state index is 9.14. The van der Waals surface area contributed by atoms with Gasteiger partial charge in [0.15, 0.2) is 5.65 Å². The van der Waals surface area contributed by atoms with Crippen molar-refractivity contribution in [2.75, 3.05) is 0 Å². The molecule has 0 atom stereocenters. The Balaban J connectivity index is 1.69. The molecule has 3 heterocycles. The summed E-state index contributed by atoms with van der Waals surface area (Å²) < 4.78 is 7.41. The van der Waals surface area contributed by atoms with E-state index in [1.807, 2.05) is 30.5 Å². The van der Waals surface area contributed by atoms with Crippen molar-refractivity contribution < 1.29 is 4.42 Å². The van der Waals surface area contributed by atoms with Crippen molar-refractivity contribution in [3.8, 4) is 17.2 Å². The number of benzene rings is 1. The lowest BCUT2D eigenvalue weighted by Crippen LogP contribution is -2.06. The summed E-state index contributed by atoms with van der Waals surface area (Å²) in [4.78, 5) is 9.40. The maximum Gasteiger partial charge on any atom is 0.211 e. The van der Waals surface area contributed by atoms with Crippen molar-refractivity contribution in [3.05, 3.63) is 71.6 Å². The third-order valence-corrected chi connectivity index (χ3v) is 4.76. The van der Waals surface area contributed by atoms with Gasteiger partial charge in [-0.1, -0.05) is 31.2 Å². The molecule has 1 aromatic carbocycles. The fourth-order valence-electron chi connectivity index (χ4n) is 3.36. The van der Waals surface area contributed by atoms with E-state index in [0.29, 0.717) is 5.76 Å². The van der Waals surface area contributed by atoms with Gasteiger partial charge in [-0.05, 0) is 42.2 Å². The van der Waals surface area contributed by atoms with Gasteiger partial charge in [0, 0.05) is 18.2 Å². The SMILES string of the molecule is CCCc1nc2c(C)ccnc2n1Cc1ccc(-c2ccoc2C#N)cc1. The molecule has 4 rings (SSSR count). The molecule has 0 fully saturated rings. The molecule has 0 bridgehead atoms. The number of aromatic nitrogens is 3. The van der Waals surface area contributed by atoms with Crippen LogP contribution in [0.1, 0.15) is 36.1 Å². The molecule has 0 saturated carbocycles. The summed E-state index contributed by atoms with van der Waals surface area (Å²) in [5.41, 5.74) is 6.03. The fraction of sp³-hybridized carbons (Fsp3) is 0.227. The number of furan rings is 1. The van der Waals surface area contributed by atoms with Gasteiger partial charge in [-0.15, -0.1) is 0 Å². The van der Waals surface area contributed by atoms with E-state index in [-0.39, 0.29) is 0 Å². The number of rotatable bonds is 5. The van der Waals surface area contributed by atoms with E-state index in [0.717, 1.165) is 53.1 Å². The maximum atomic E-state index is 9.14. The minimum atomic E-state index is 0.341. The van der Waals surface area contributed by atoms with Crippen LogP contribution in [0.5, 0.6) is 0 Å². The van der Waals surface area contributed by atoms with Crippen LogP contribution >= 0.6 is 0 Å². The Morgan fingerprint density at radius 3 is 2.70 bits per heavy atom. The van der Waals surface area contributed by atoms with Crippen molar-refractivity contribution in [2.45, 2.75) is 33.2 Å². The van der Waals surface area contributed by atoms with E-state index in [9.17, 15) is 0 Å². The van der Waals surface area contributed by atoms with Crippen molar-refractivity contribution >= 4 is 11.2 Å². The number of aryl methyl sites for hydroxylation is 2. The molecule has 27 heavy (non-hydrogen) atoms. The van der Waals surface area contributed by atoms with Gasteiger partial charge in [0.25, 0.3) is 0 Å². The molecule has 0 aliphatic heterocycles. The van der Waals surface area contributed by atoms with Crippen LogP contribution in [0.25, 0.3) is 22.3 Å². The van der Waals surface area contributed by atoms with Crippen molar-refractivity contribution in [1.29, 1.82) is 5.26 Å². The number of nitrogens with zero attached hydrogens (tertiary/aromatic N) is 4. The molecule has 0 saturated heterocycles. The molecule has 5 nitrogen and oxygen atoms in total. The molecule has 0 aliphatic rings. The van der Waals surface area contributed by atoms with Gasteiger partial charge in [0.05, 0.1) is 12.8 Å². The minimum absolute atomic E-state index is 0.341. The third-order valence-electron chi connectivity index (χ3n) is 4.76. The van der Waals surface area contributed by atoms with E-state index >= 15 is 0 Å². The molecule has 0 unspecified atom stereocenters. The van der Waals surface area contributed by atoms with Gasteiger partial charge in [0.2, 0.25) is 5.76 Å². The summed E-state index contributed by atoms with van der Waals surface area (Å²) in [6.45, 7) is 4.96. The summed E-state index contributed by atoms with van der Waals surface area (Å²) >= 11 is 0. The zero-order valence-corrected chi connectivity index (χ0v) is 15.4. The molecule has 3 aromatic heterocycles. The van der Waals surface area contributed by atoms with E-state index in [1.54, 1.807) is 6.26 Å². The summed E-state index contributed by atoms with van der Waals surface area (Å²) in [5, 5.41) is 9.14. The molecule has 0 spiro atoms. The van der Waals surface area contributed by atoms with Crippen LogP contribution in [0.15, 0.2) is 53.3 Å². The average molecular weight is 356 g/mol.